The Hall–Kier alpha value is -5.14. The van der Waals surface area contributed by atoms with Gasteiger partial charge in [0.25, 0.3) is 0 Å². The fourth-order valence-corrected chi connectivity index (χ4v) is 12.0. The number of fused-ring (bicyclic) bond motifs is 2. The number of rotatable bonds is 13. The van der Waals surface area contributed by atoms with Crippen LogP contribution in [0.2, 0.25) is 0 Å². The molecule has 0 N–H and O–H groups in total. The van der Waals surface area contributed by atoms with Crippen molar-refractivity contribution in [3.63, 3.8) is 0 Å². The Kier molecular flexibility index (Phi) is 14.6. The van der Waals surface area contributed by atoms with Crippen LogP contribution in [0, 0.1) is 0 Å². The minimum absolute atomic E-state index is 0.00547. The number of benzene rings is 7. The molecule has 0 bridgehead atoms. The van der Waals surface area contributed by atoms with Crippen LogP contribution in [0.1, 0.15) is 220 Å². The van der Waals surface area contributed by atoms with Gasteiger partial charge in [0.15, 0.2) is 0 Å². The third-order valence-corrected chi connectivity index (χ3v) is 16.6. The fraction of sp³-hybridized carbons (Fsp3) is 0.441. The van der Waals surface area contributed by atoms with Gasteiger partial charge in [0.05, 0.1) is 5.69 Å². The van der Waals surface area contributed by atoms with Crippen molar-refractivity contribution in [2.45, 2.75) is 193 Å². The highest BCUT2D eigenvalue weighted by atomic mass is 15.1. The molecular formula is C68H83N. The van der Waals surface area contributed by atoms with E-state index in [1.54, 1.807) is 5.56 Å². The lowest BCUT2D eigenvalue weighted by atomic mass is 9.78. The molecule has 2 aliphatic rings. The second kappa shape index (κ2) is 20.7. The molecule has 1 unspecified atom stereocenters. The molecule has 9 rings (SSSR count). The standard InChI is InChI=1S/C68H83N/c1-46(2)49-24-21-48(22-25-49)23-26-56(55-29-27-53(28-30-55)51-17-13-11-14-18-51)43-63-61-41-35-58(68(8,9)10)45-65(61)66(62-42-36-57(44-64(62)63)67(5,6)7)69(59-37-31-50(32-38-59)47(3)4)60-39-33-54(34-40-60)52-19-15-12-16-20-52/h21-22,24-25,27-42,44-47,51-52,56H,11-20,23,26,43H2,1-10H3. The van der Waals surface area contributed by atoms with Gasteiger partial charge >= 0.3 is 0 Å². The molecular weight excluding hydrogens is 831 g/mol. The van der Waals surface area contributed by atoms with Crippen LogP contribution < -0.4 is 4.90 Å². The summed E-state index contributed by atoms with van der Waals surface area (Å²) in [5, 5.41) is 5.44. The van der Waals surface area contributed by atoms with E-state index >= 15 is 0 Å². The molecule has 0 radical (unpaired) electrons. The molecule has 0 heterocycles. The molecule has 0 amide bonds. The van der Waals surface area contributed by atoms with Crippen LogP contribution in [0.15, 0.2) is 133 Å². The minimum Gasteiger partial charge on any atom is -0.309 e. The second-order valence-corrected chi connectivity index (χ2v) is 24.2. The summed E-state index contributed by atoms with van der Waals surface area (Å²) in [5.74, 6) is 2.71. The average Bonchev–Trinajstić information content (AvgIpc) is 3.36. The SMILES string of the molecule is CC(C)c1ccc(CCC(Cc2c3cc(C(C)(C)C)ccc3c(N(c3ccc(C(C)C)cc3)c3ccc(C4CCCCC4)cc3)c3cc(C(C)(C)C)ccc23)c2ccc(C3CCCCC3)cc2)cc1. The Morgan fingerprint density at radius 1 is 0.449 bits per heavy atom. The van der Waals surface area contributed by atoms with E-state index in [2.05, 4.69) is 208 Å². The molecule has 1 atom stereocenters. The monoisotopic (exact) mass is 914 g/mol. The van der Waals surface area contributed by atoms with E-state index in [0.29, 0.717) is 29.6 Å². The third-order valence-electron chi connectivity index (χ3n) is 16.6. The molecule has 69 heavy (non-hydrogen) atoms. The van der Waals surface area contributed by atoms with Gasteiger partial charge in [-0.25, -0.2) is 0 Å². The predicted octanol–water partition coefficient (Wildman–Crippen LogP) is 20.4. The Morgan fingerprint density at radius 3 is 1.38 bits per heavy atom. The number of nitrogens with zero attached hydrogens (tertiary/aromatic N) is 1. The van der Waals surface area contributed by atoms with Gasteiger partial charge in [0.1, 0.15) is 0 Å². The number of aryl methyl sites for hydroxylation is 1. The van der Waals surface area contributed by atoms with Gasteiger partial charge in [-0.2, -0.15) is 0 Å². The van der Waals surface area contributed by atoms with Crippen LogP contribution in [0.4, 0.5) is 17.1 Å². The van der Waals surface area contributed by atoms with Crippen LogP contribution in [-0.2, 0) is 23.7 Å². The topological polar surface area (TPSA) is 3.24 Å². The maximum atomic E-state index is 2.62. The van der Waals surface area contributed by atoms with Crippen molar-refractivity contribution < 1.29 is 0 Å². The first-order chi connectivity index (χ1) is 33.1. The van der Waals surface area contributed by atoms with Crippen LogP contribution in [-0.4, -0.2) is 0 Å². The Balaban J connectivity index is 1.26. The molecule has 0 aromatic heterocycles. The first-order valence-corrected chi connectivity index (χ1v) is 27.3. The highest BCUT2D eigenvalue weighted by Crippen LogP contribution is 2.49. The molecule has 2 fully saturated rings. The summed E-state index contributed by atoms with van der Waals surface area (Å²) < 4.78 is 0. The summed E-state index contributed by atoms with van der Waals surface area (Å²) in [6.45, 7) is 23.5. The van der Waals surface area contributed by atoms with Crippen molar-refractivity contribution in [2.75, 3.05) is 4.90 Å². The van der Waals surface area contributed by atoms with Crippen LogP contribution >= 0.6 is 0 Å². The molecule has 0 aliphatic heterocycles. The number of anilines is 3. The first-order valence-electron chi connectivity index (χ1n) is 27.3. The van der Waals surface area contributed by atoms with E-state index in [9.17, 15) is 0 Å². The molecule has 360 valence electrons. The van der Waals surface area contributed by atoms with Crippen molar-refractivity contribution in [1.82, 2.24) is 0 Å². The molecule has 1 nitrogen and oxygen atoms in total. The summed E-state index contributed by atoms with van der Waals surface area (Å²) in [4.78, 5) is 2.62. The van der Waals surface area contributed by atoms with Crippen molar-refractivity contribution in [2.24, 2.45) is 0 Å². The number of hydrogen-bond acceptors (Lipinski definition) is 1. The van der Waals surface area contributed by atoms with Gasteiger partial charge in [-0.05, 0) is 177 Å². The van der Waals surface area contributed by atoms with Crippen molar-refractivity contribution in [1.29, 1.82) is 0 Å². The lowest BCUT2D eigenvalue weighted by molar-refractivity contribution is 0.443. The molecule has 7 aromatic rings. The normalized spacial score (nSPS) is 15.9. The Morgan fingerprint density at radius 2 is 0.884 bits per heavy atom. The van der Waals surface area contributed by atoms with E-state index in [-0.39, 0.29) is 10.8 Å². The quantitative estimate of drug-likeness (QED) is 0.104. The van der Waals surface area contributed by atoms with Crippen LogP contribution in [0.3, 0.4) is 0 Å². The molecule has 1 heteroatoms. The lowest BCUT2D eigenvalue weighted by Gasteiger charge is -2.32. The maximum absolute atomic E-state index is 2.62. The average molecular weight is 914 g/mol. The Labute approximate surface area is 418 Å². The zero-order chi connectivity index (χ0) is 48.5. The molecule has 2 aliphatic carbocycles. The lowest BCUT2D eigenvalue weighted by Crippen LogP contribution is -2.16. The van der Waals surface area contributed by atoms with Crippen LogP contribution in [0.5, 0.6) is 0 Å². The fourth-order valence-electron chi connectivity index (χ4n) is 12.0. The maximum Gasteiger partial charge on any atom is 0.0618 e. The van der Waals surface area contributed by atoms with Gasteiger partial charge in [0, 0.05) is 22.1 Å². The summed E-state index contributed by atoms with van der Waals surface area (Å²) in [7, 11) is 0. The van der Waals surface area contributed by atoms with Gasteiger partial charge in [-0.1, -0.05) is 211 Å². The Bertz CT molecular complexity index is 2790. The summed E-state index contributed by atoms with van der Waals surface area (Å²) in [5.41, 5.74) is 16.7. The zero-order valence-electron chi connectivity index (χ0n) is 44.2. The highest BCUT2D eigenvalue weighted by Gasteiger charge is 2.28. The zero-order valence-corrected chi connectivity index (χ0v) is 44.2. The summed E-state index contributed by atoms with van der Waals surface area (Å²) in [6, 6.07) is 53.9. The van der Waals surface area contributed by atoms with Gasteiger partial charge in [-0.3, -0.25) is 0 Å². The van der Waals surface area contributed by atoms with E-state index in [1.165, 1.54) is 147 Å². The largest absolute Gasteiger partial charge is 0.309 e. The summed E-state index contributed by atoms with van der Waals surface area (Å²) in [6.07, 6.45) is 16.6. The van der Waals surface area contributed by atoms with Gasteiger partial charge in [-0.15, -0.1) is 0 Å². The third kappa shape index (κ3) is 10.9. The molecule has 2 saturated carbocycles. The second-order valence-electron chi connectivity index (χ2n) is 24.2. The first kappa shape index (κ1) is 48.9. The van der Waals surface area contributed by atoms with Gasteiger partial charge in [0.2, 0.25) is 0 Å². The van der Waals surface area contributed by atoms with Crippen molar-refractivity contribution in [3.8, 4) is 0 Å². The predicted molar refractivity (Wildman–Crippen MR) is 301 cm³/mol. The van der Waals surface area contributed by atoms with E-state index < -0.39 is 0 Å². The number of hydrogen-bond donors (Lipinski definition) is 0. The molecule has 0 spiro atoms. The highest BCUT2D eigenvalue weighted by molar-refractivity contribution is 6.16. The van der Waals surface area contributed by atoms with E-state index in [4.69, 9.17) is 0 Å². The molecule has 0 saturated heterocycles. The summed E-state index contributed by atoms with van der Waals surface area (Å²) >= 11 is 0. The van der Waals surface area contributed by atoms with Gasteiger partial charge < -0.3 is 4.90 Å². The van der Waals surface area contributed by atoms with Crippen LogP contribution in [0.25, 0.3) is 21.5 Å². The van der Waals surface area contributed by atoms with Crippen molar-refractivity contribution in [3.05, 3.63) is 184 Å². The minimum atomic E-state index is -0.0181. The molecule has 7 aromatic carbocycles. The van der Waals surface area contributed by atoms with Crippen molar-refractivity contribution >= 4 is 38.6 Å². The van der Waals surface area contributed by atoms with E-state index in [0.717, 1.165) is 19.3 Å². The van der Waals surface area contributed by atoms with E-state index in [1.807, 2.05) is 0 Å². The smallest absolute Gasteiger partial charge is 0.0618 e.